The number of aliphatic hydroxyl groups is 1. The molecule has 3 nitrogen and oxygen atoms in total. The van der Waals surface area contributed by atoms with Gasteiger partial charge in [0.15, 0.2) is 0 Å². The molecule has 0 heterocycles. The van der Waals surface area contributed by atoms with Crippen molar-refractivity contribution in [3.63, 3.8) is 0 Å². The number of nitrogens with two attached hydrogens (primary N) is 1. The predicted octanol–water partition coefficient (Wildman–Crippen LogP) is 1.60. The molecule has 0 bridgehead atoms. The van der Waals surface area contributed by atoms with Gasteiger partial charge in [0, 0.05) is 19.1 Å². The van der Waals surface area contributed by atoms with Gasteiger partial charge in [-0.1, -0.05) is 26.7 Å². The average molecular weight is 228 g/mol. The molecule has 1 unspecified atom stereocenters. The lowest BCUT2D eigenvalue weighted by atomic mass is 9.83. The van der Waals surface area contributed by atoms with E-state index in [-0.39, 0.29) is 12.0 Å². The van der Waals surface area contributed by atoms with E-state index in [2.05, 4.69) is 18.7 Å². The van der Waals surface area contributed by atoms with Crippen LogP contribution in [0.25, 0.3) is 0 Å². The highest BCUT2D eigenvalue weighted by atomic mass is 16.3. The van der Waals surface area contributed by atoms with Crippen LogP contribution in [0.2, 0.25) is 0 Å². The minimum absolute atomic E-state index is 0.222. The Morgan fingerprint density at radius 1 is 1.44 bits per heavy atom. The molecule has 0 radical (unpaired) electrons. The molecule has 0 spiro atoms. The highest BCUT2D eigenvalue weighted by Gasteiger charge is 2.31. The molecule has 1 fully saturated rings. The van der Waals surface area contributed by atoms with Gasteiger partial charge in [0.1, 0.15) is 0 Å². The summed E-state index contributed by atoms with van der Waals surface area (Å²) in [6.45, 7) is 7.36. The highest BCUT2D eigenvalue weighted by molar-refractivity contribution is 4.86. The summed E-state index contributed by atoms with van der Waals surface area (Å²) in [5.74, 6) is 0. The maximum Gasteiger partial charge on any atom is 0.0558 e. The van der Waals surface area contributed by atoms with Crippen molar-refractivity contribution in [1.29, 1.82) is 0 Å². The normalized spacial score (nSPS) is 20.8. The molecule has 1 atom stereocenters. The molecule has 16 heavy (non-hydrogen) atoms. The molecule has 1 saturated carbocycles. The Kier molecular flexibility index (Phi) is 5.73. The first-order valence-corrected chi connectivity index (χ1v) is 6.70. The first-order chi connectivity index (χ1) is 7.65. The van der Waals surface area contributed by atoms with E-state index in [1.54, 1.807) is 0 Å². The number of aliphatic hydroxyl groups excluding tert-OH is 1. The summed E-state index contributed by atoms with van der Waals surface area (Å²) in [5.41, 5.74) is 6.13. The van der Waals surface area contributed by atoms with E-state index in [1.165, 1.54) is 32.1 Å². The van der Waals surface area contributed by atoms with Crippen LogP contribution in [0, 0.1) is 5.41 Å². The van der Waals surface area contributed by atoms with Crippen molar-refractivity contribution in [3.8, 4) is 0 Å². The molecular formula is C13H28N2O. The highest BCUT2D eigenvalue weighted by Crippen LogP contribution is 2.30. The van der Waals surface area contributed by atoms with Crippen LogP contribution in [0.4, 0.5) is 0 Å². The fraction of sp³-hybridized carbons (Fsp3) is 1.00. The van der Waals surface area contributed by atoms with Gasteiger partial charge in [-0.25, -0.2) is 0 Å². The van der Waals surface area contributed by atoms with Gasteiger partial charge in [-0.3, -0.25) is 4.90 Å². The smallest absolute Gasteiger partial charge is 0.0558 e. The van der Waals surface area contributed by atoms with Crippen molar-refractivity contribution in [3.05, 3.63) is 0 Å². The van der Waals surface area contributed by atoms with Crippen molar-refractivity contribution in [2.24, 2.45) is 11.1 Å². The first-order valence-electron chi connectivity index (χ1n) is 6.70. The Morgan fingerprint density at radius 2 is 2.12 bits per heavy atom. The third-order valence-electron chi connectivity index (χ3n) is 3.91. The monoisotopic (exact) mass is 228 g/mol. The SMILES string of the molecule is CCCC(C)(CN)CN(CCO)C1CCC1. The first kappa shape index (κ1) is 13.9. The zero-order valence-electron chi connectivity index (χ0n) is 10.9. The van der Waals surface area contributed by atoms with E-state index in [4.69, 9.17) is 10.8 Å². The zero-order chi connectivity index (χ0) is 12.0. The van der Waals surface area contributed by atoms with Gasteiger partial charge in [0.25, 0.3) is 0 Å². The Balaban J connectivity index is 2.50. The summed E-state index contributed by atoms with van der Waals surface area (Å²) in [6, 6.07) is 0.704. The van der Waals surface area contributed by atoms with Gasteiger partial charge in [0.2, 0.25) is 0 Å². The number of nitrogens with zero attached hydrogens (tertiary/aromatic N) is 1. The van der Waals surface area contributed by atoms with Gasteiger partial charge in [-0.2, -0.15) is 0 Å². The van der Waals surface area contributed by atoms with Crippen molar-refractivity contribution in [2.45, 2.75) is 52.0 Å². The molecule has 3 heteroatoms. The molecule has 0 aliphatic heterocycles. The summed E-state index contributed by atoms with van der Waals surface area (Å²) in [4.78, 5) is 2.45. The Hall–Kier alpha value is -0.120. The second-order valence-electron chi connectivity index (χ2n) is 5.54. The van der Waals surface area contributed by atoms with Gasteiger partial charge >= 0.3 is 0 Å². The van der Waals surface area contributed by atoms with Crippen LogP contribution in [0.3, 0.4) is 0 Å². The van der Waals surface area contributed by atoms with Crippen molar-refractivity contribution in [1.82, 2.24) is 4.90 Å². The quantitative estimate of drug-likeness (QED) is 0.663. The van der Waals surface area contributed by atoms with Crippen molar-refractivity contribution in [2.75, 3.05) is 26.2 Å². The van der Waals surface area contributed by atoms with Crippen LogP contribution in [0.5, 0.6) is 0 Å². The number of rotatable bonds is 8. The second kappa shape index (κ2) is 6.58. The standard InChI is InChI=1S/C13H28N2O/c1-3-7-13(2,10-14)11-15(8-9-16)12-5-4-6-12/h12,16H,3-11,14H2,1-2H3. The molecule has 1 rings (SSSR count). The summed E-state index contributed by atoms with van der Waals surface area (Å²) in [7, 11) is 0. The molecule has 0 aromatic heterocycles. The predicted molar refractivity (Wildman–Crippen MR) is 68.4 cm³/mol. The van der Waals surface area contributed by atoms with Gasteiger partial charge in [-0.05, 0) is 31.2 Å². The van der Waals surface area contributed by atoms with E-state index < -0.39 is 0 Å². The molecule has 0 aromatic rings. The van der Waals surface area contributed by atoms with Crippen molar-refractivity contribution >= 4 is 0 Å². The molecule has 0 saturated heterocycles. The van der Waals surface area contributed by atoms with E-state index >= 15 is 0 Å². The third kappa shape index (κ3) is 3.72. The van der Waals surface area contributed by atoms with Crippen LogP contribution >= 0.6 is 0 Å². The lowest BCUT2D eigenvalue weighted by Gasteiger charge is -2.42. The molecular weight excluding hydrogens is 200 g/mol. The Labute approximate surface area is 100 Å². The molecule has 1 aliphatic carbocycles. The zero-order valence-corrected chi connectivity index (χ0v) is 10.9. The molecule has 3 N–H and O–H groups in total. The van der Waals surface area contributed by atoms with E-state index in [0.717, 1.165) is 19.6 Å². The average Bonchev–Trinajstić information content (AvgIpc) is 2.16. The lowest BCUT2D eigenvalue weighted by molar-refractivity contribution is 0.0578. The van der Waals surface area contributed by atoms with Crippen LogP contribution in [-0.2, 0) is 0 Å². The van der Waals surface area contributed by atoms with Gasteiger partial charge in [0.05, 0.1) is 6.61 Å². The number of hydrogen-bond acceptors (Lipinski definition) is 3. The lowest BCUT2D eigenvalue weighted by Crippen LogP contribution is -2.48. The fourth-order valence-electron chi connectivity index (χ4n) is 2.61. The largest absolute Gasteiger partial charge is 0.395 e. The van der Waals surface area contributed by atoms with Crippen LogP contribution in [0.1, 0.15) is 46.0 Å². The van der Waals surface area contributed by atoms with Crippen LogP contribution in [-0.4, -0.2) is 42.3 Å². The minimum atomic E-state index is 0.222. The fourth-order valence-corrected chi connectivity index (χ4v) is 2.61. The summed E-state index contributed by atoms with van der Waals surface area (Å²) < 4.78 is 0. The minimum Gasteiger partial charge on any atom is -0.395 e. The van der Waals surface area contributed by atoms with E-state index in [0.29, 0.717) is 6.04 Å². The second-order valence-corrected chi connectivity index (χ2v) is 5.54. The molecule has 0 amide bonds. The van der Waals surface area contributed by atoms with Gasteiger partial charge in [-0.15, -0.1) is 0 Å². The maximum absolute atomic E-state index is 9.13. The molecule has 0 aromatic carbocycles. The summed E-state index contributed by atoms with van der Waals surface area (Å²) >= 11 is 0. The van der Waals surface area contributed by atoms with E-state index in [9.17, 15) is 0 Å². The Morgan fingerprint density at radius 3 is 2.50 bits per heavy atom. The van der Waals surface area contributed by atoms with Crippen LogP contribution < -0.4 is 5.73 Å². The maximum atomic E-state index is 9.13. The number of hydrogen-bond donors (Lipinski definition) is 2. The summed E-state index contributed by atoms with van der Waals surface area (Å²) in [6.07, 6.45) is 6.31. The summed E-state index contributed by atoms with van der Waals surface area (Å²) in [5, 5.41) is 9.13. The molecule has 96 valence electrons. The van der Waals surface area contributed by atoms with Crippen LogP contribution in [0.15, 0.2) is 0 Å². The topological polar surface area (TPSA) is 49.5 Å². The van der Waals surface area contributed by atoms with Crippen molar-refractivity contribution < 1.29 is 5.11 Å². The third-order valence-corrected chi connectivity index (χ3v) is 3.91. The Bertz CT molecular complexity index is 194. The molecule has 1 aliphatic rings. The van der Waals surface area contributed by atoms with E-state index in [1.807, 2.05) is 0 Å². The van der Waals surface area contributed by atoms with Gasteiger partial charge < -0.3 is 10.8 Å².